The Balaban J connectivity index is 1.75. The molecule has 0 aliphatic heterocycles. The number of hydrogen-bond donors (Lipinski definition) is 4. The van der Waals surface area contributed by atoms with Crippen LogP contribution in [0.2, 0.25) is 0 Å². The lowest BCUT2D eigenvalue weighted by Crippen LogP contribution is -2.42. The van der Waals surface area contributed by atoms with Crippen LogP contribution in [0.15, 0.2) is 36.9 Å². The number of hydrogen-bond acceptors (Lipinski definition) is 8. The molecular formula is C29H42N6O4. The molecule has 0 saturated heterocycles. The summed E-state index contributed by atoms with van der Waals surface area (Å²) < 4.78 is 0. The second-order valence-corrected chi connectivity index (χ2v) is 10.4. The zero-order valence-electron chi connectivity index (χ0n) is 23.4. The van der Waals surface area contributed by atoms with Crippen LogP contribution in [0.4, 0.5) is 0 Å². The van der Waals surface area contributed by atoms with Gasteiger partial charge in [-0.2, -0.15) is 0 Å². The predicted molar refractivity (Wildman–Crippen MR) is 151 cm³/mol. The van der Waals surface area contributed by atoms with Gasteiger partial charge in [0.15, 0.2) is 11.6 Å². The number of carbonyl (C=O) groups is 4. The summed E-state index contributed by atoms with van der Waals surface area (Å²) in [6.45, 7) is 9.19. The largest absolute Gasteiger partial charge is 0.366 e. The molecule has 212 valence electrons. The molecule has 2 heterocycles. The van der Waals surface area contributed by atoms with Crippen LogP contribution >= 0.6 is 0 Å². The monoisotopic (exact) mass is 538 g/mol. The predicted octanol–water partition coefficient (Wildman–Crippen LogP) is 2.92. The minimum absolute atomic E-state index is 0.0341. The van der Waals surface area contributed by atoms with E-state index in [9.17, 15) is 19.2 Å². The van der Waals surface area contributed by atoms with Crippen molar-refractivity contribution in [2.75, 3.05) is 13.1 Å². The first-order chi connectivity index (χ1) is 18.6. The van der Waals surface area contributed by atoms with Crippen molar-refractivity contribution in [1.82, 2.24) is 20.6 Å². The van der Waals surface area contributed by atoms with Gasteiger partial charge < -0.3 is 22.1 Å². The zero-order valence-corrected chi connectivity index (χ0v) is 23.4. The lowest BCUT2D eigenvalue weighted by Gasteiger charge is -2.22. The quantitative estimate of drug-likeness (QED) is 0.166. The Hall–Kier alpha value is -3.50. The Morgan fingerprint density at radius 3 is 1.33 bits per heavy atom. The average molecular weight is 539 g/mol. The highest BCUT2D eigenvalue weighted by atomic mass is 16.2. The van der Waals surface area contributed by atoms with E-state index in [0.29, 0.717) is 13.1 Å². The second-order valence-electron chi connectivity index (χ2n) is 10.4. The molecule has 2 amide bonds. The Morgan fingerprint density at radius 1 is 0.641 bits per heavy atom. The van der Waals surface area contributed by atoms with E-state index in [1.54, 1.807) is 0 Å². The van der Waals surface area contributed by atoms with E-state index in [1.807, 2.05) is 27.7 Å². The van der Waals surface area contributed by atoms with Crippen molar-refractivity contribution < 1.29 is 19.2 Å². The topological polar surface area (TPSA) is 170 Å². The van der Waals surface area contributed by atoms with Crippen LogP contribution in [0, 0.1) is 11.8 Å². The van der Waals surface area contributed by atoms with E-state index >= 15 is 0 Å². The molecule has 2 aromatic heterocycles. The number of aromatic nitrogens is 2. The maximum absolute atomic E-state index is 13.1. The number of unbranched alkanes of at least 4 members (excludes halogenated alkanes) is 4. The molecule has 0 aliphatic rings. The number of primary amides is 2. The van der Waals surface area contributed by atoms with Gasteiger partial charge in [-0.3, -0.25) is 29.1 Å². The highest BCUT2D eigenvalue weighted by molar-refractivity contribution is 6.10. The zero-order chi connectivity index (χ0) is 28.9. The lowest BCUT2D eigenvalue weighted by molar-refractivity contribution is 0.0901. The van der Waals surface area contributed by atoms with Gasteiger partial charge in [-0.15, -0.1) is 0 Å². The van der Waals surface area contributed by atoms with Crippen LogP contribution in [0.1, 0.15) is 101 Å². The number of nitrogens with one attached hydrogen (secondary N) is 2. The number of carbonyl (C=O) groups excluding carboxylic acids is 4. The number of Topliss-reactive ketones (excluding diaryl/α,β-unsaturated/α-hetero) is 2. The first kappa shape index (κ1) is 31.7. The maximum atomic E-state index is 13.1. The van der Waals surface area contributed by atoms with Crippen LogP contribution in [0.5, 0.6) is 0 Å². The molecular weight excluding hydrogens is 496 g/mol. The second kappa shape index (κ2) is 15.8. The van der Waals surface area contributed by atoms with E-state index in [2.05, 4.69) is 20.6 Å². The van der Waals surface area contributed by atoms with E-state index in [-0.39, 0.29) is 45.7 Å². The summed E-state index contributed by atoms with van der Waals surface area (Å²) in [7, 11) is 0. The molecule has 10 heteroatoms. The molecule has 6 N–H and O–H groups in total. The van der Waals surface area contributed by atoms with E-state index in [1.165, 1.54) is 36.9 Å². The summed E-state index contributed by atoms with van der Waals surface area (Å²) >= 11 is 0. The van der Waals surface area contributed by atoms with Crippen molar-refractivity contribution in [1.29, 1.82) is 0 Å². The average Bonchev–Trinajstić information content (AvgIpc) is 2.90. The number of pyridine rings is 2. The van der Waals surface area contributed by atoms with E-state index in [4.69, 9.17) is 11.5 Å². The fraction of sp³-hybridized carbons (Fsp3) is 0.517. The van der Waals surface area contributed by atoms with Crippen LogP contribution in [-0.2, 0) is 0 Å². The minimum Gasteiger partial charge on any atom is -0.366 e. The van der Waals surface area contributed by atoms with Crippen molar-refractivity contribution in [2.45, 2.75) is 71.9 Å². The van der Waals surface area contributed by atoms with Gasteiger partial charge in [0, 0.05) is 24.8 Å². The molecule has 0 spiro atoms. The van der Waals surface area contributed by atoms with Crippen molar-refractivity contribution in [2.24, 2.45) is 23.3 Å². The van der Waals surface area contributed by atoms with Gasteiger partial charge in [0.05, 0.1) is 34.3 Å². The van der Waals surface area contributed by atoms with Gasteiger partial charge in [-0.05, 0) is 49.9 Å². The molecule has 2 unspecified atom stereocenters. The van der Waals surface area contributed by atoms with Gasteiger partial charge >= 0.3 is 0 Å². The number of rotatable bonds is 18. The summed E-state index contributed by atoms with van der Waals surface area (Å²) in [5.41, 5.74) is 11.7. The van der Waals surface area contributed by atoms with Crippen LogP contribution in [0.25, 0.3) is 0 Å². The standard InChI is InChI=1S/C29H42N6O4/c1-18(2)24(26(36)22-16-32-14-10-20(22)28(30)38)34-12-8-6-5-7-9-13-35-25(19(3)4)27(37)23-17-33-15-11-21(23)29(31)39/h10-11,14-19,24-25,34-35H,5-9,12-13H2,1-4H3,(H2,30,38)(H2,31,39). The van der Waals surface area contributed by atoms with Crippen LogP contribution in [0.3, 0.4) is 0 Å². The molecule has 10 nitrogen and oxygen atoms in total. The first-order valence-electron chi connectivity index (χ1n) is 13.6. The highest BCUT2D eigenvalue weighted by Crippen LogP contribution is 2.16. The molecule has 0 aromatic carbocycles. The molecule has 0 aliphatic carbocycles. The summed E-state index contributed by atoms with van der Waals surface area (Å²) in [5.74, 6) is -1.58. The molecule has 39 heavy (non-hydrogen) atoms. The summed E-state index contributed by atoms with van der Waals surface area (Å²) in [6.07, 6.45) is 10.5. The minimum atomic E-state index is -0.644. The maximum Gasteiger partial charge on any atom is 0.249 e. The van der Waals surface area contributed by atoms with Gasteiger partial charge in [0.25, 0.3) is 0 Å². The van der Waals surface area contributed by atoms with E-state index < -0.39 is 23.9 Å². The summed E-state index contributed by atoms with van der Waals surface area (Å²) in [5, 5.41) is 6.67. The van der Waals surface area contributed by atoms with Crippen molar-refractivity contribution >= 4 is 23.4 Å². The Morgan fingerprint density at radius 2 is 1.00 bits per heavy atom. The molecule has 0 radical (unpaired) electrons. The molecule has 0 fully saturated rings. The summed E-state index contributed by atoms with van der Waals surface area (Å²) in [4.78, 5) is 57.6. The normalized spacial score (nSPS) is 12.9. The van der Waals surface area contributed by atoms with Crippen molar-refractivity contribution in [3.8, 4) is 0 Å². The van der Waals surface area contributed by atoms with Crippen LogP contribution in [-0.4, -0.2) is 58.5 Å². The Labute approximate surface area is 230 Å². The molecule has 0 saturated carbocycles. The number of nitrogens with zero attached hydrogens (tertiary/aromatic N) is 2. The Kier molecular flexibility index (Phi) is 12.9. The fourth-order valence-corrected chi connectivity index (χ4v) is 4.50. The third-order valence-electron chi connectivity index (χ3n) is 6.68. The third-order valence-corrected chi connectivity index (χ3v) is 6.68. The number of ketones is 2. The molecule has 2 rings (SSSR count). The smallest absolute Gasteiger partial charge is 0.249 e. The third kappa shape index (κ3) is 9.33. The summed E-state index contributed by atoms with van der Waals surface area (Å²) in [6, 6.07) is 2.07. The van der Waals surface area contributed by atoms with Crippen molar-refractivity contribution in [3.63, 3.8) is 0 Å². The van der Waals surface area contributed by atoms with Crippen LogP contribution < -0.4 is 22.1 Å². The lowest BCUT2D eigenvalue weighted by atomic mass is 9.93. The SMILES string of the molecule is CC(C)C(NCCCCCCCNC(C(=O)c1cnccc1C(N)=O)C(C)C)C(=O)c1cnccc1C(N)=O. The first-order valence-corrected chi connectivity index (χ1v) is 13.6. The van der Waals surface area contributed by atoms with E-state index in [0.717, 1.165) is 32.1 Å². The molecule has 0 bridgehead atoms. The fourth-order valence-electron chi connectivity index (χ4n) is 4.50. The molecule has 2 atom stereocenters. The molecule has 2 aromatic rings. The van der Waals surface area contributed by atoms with Gasteiger partial charge in [0.2, 0.25) is 11.8 Å². The van der Waals surface area contributed by atoms with Crippen molar-refractivity contribution in [3.05, 3.63) is 59.2 Å². The number of amides is 2. The Bertz CT molecular complexity index is 1050. The highest BCUT2D eigenvalue weighted by Gasteiger charge is 2.27. The van der Waals surface area contributed by atoms with Gasteiger partial charge in [-0.1, -0.05) is 47.0 Å². The van der Waals surface area contributed by atoms with Gasteiger partial charge in [-0.25, -0.2) is 0 Å². The van der Waals surface area contributed by atoms with Gasteiger partial charge in [0.1, 0.15) is 0 Å². The number of nitrogens with two attached hydrogens (primary N) is 2.